The van der Waals surface area contributed by atoms with E-state index in [4.69, 9.17) is 4.74 Å². The highest BCUT2D eigenvalue weighted by Gasteiger charge is 2.25. The number of hydrogen-bond donors (Lipinski definition) is 1. The predicted molar refractivity (Wildman–Crippen MR) is 86.4 cm³/mol. The topological polar surface area (TPSA) is 38.3 Å². The smallest absolute Gasteiger partial charge is 0.226 e. The average molecular weight is 313 g/mol. The fourth-order valence-corrected chi connectivity index (χ4v) is 2.90. The third-order valence-electron chi connectivity index (χ3n) is 4.13. The Morgan fingerprint density at radius 1 is 1.13 bits per heavy atom. The maximum absolute atomic E-state index is 13.6. The molecule has 1 N–H and O–H groups in total. The molecule has 0 spiro atoms. The van der Waals surface area contributed by atoms with Crippen LogP contribution in [0.25, 0.3) is 0 Å². The first kappa shape index (κ1) is 15.7. The number of hydrogen-bond acceptors (Lipinski definition) is 2. The number of nitrogens with one attached hydrogen (secondary N) is 1. The van der Waals surface area contributed by atoms with Gasteiger partial charge in [0.1, 0.15) is 5.82 Å². The van der Waals surface area contributed by atoms with Crippen LogP contribution >= 0.6 is 0 Å². The van der Waals surface area contributed by atoms with Gasteiger partial charge in [0.05, 0.1) is 18.6 Å². The normalized spacial score (nSPS) is 19.1. The molecule has 1 aliphatic heterocycles. The summed E-state index contributed by atoms with van der Waals surface area (Å²) in [4.78, 5) is 12.6. The number of carbonyl (C=O) groups excluding carboxylic acids is 1. The molecule has 0 bridgehead atoms. The molecule has 3 nitrogen and oxygen atoms in total. The van der Waals surface area contributed by atoms with Gasteiger partial charge in [-0.1, -0.05) is 42.5 Å². The van der Waals surface area contributed by atoms with Gasteiger partial charge in [0, 0.05) is 6.61 Å². The van der Waals surface area contributed by atoms with Gasteiger partial charge in [0.2, 0.25) is 5.91 Å². The molecule has 1 aliphatic rings. The lowest BCUT2D eigenvalue weighted by Crippen LogP contribution is -2.38. The lowest BCUT2D eigenvalue weighted by Gasteiger charge is -2.25. The van der Waals surface area contributed by atoms with E-state index in [1.165, 1.54) is 12.1 Å². The Kier molecular flexibility index (Phi) is 5.03. The third-order valence-corrected chi connectivity index (χ3v) is 4.13. The van der Waals surface area contributed by atoms with Crippen molar-refractivity contribution in [2.45, 2.75) is 18.9 Å². The van der Waals surface area contributed by atoms with Crippen molar-refractivity contribution >= 4 is 5.91 Å². The molecule has 1 heterocycles. The van der Waals surface area contributed by atoms with Gasteiger partial charge in [-0.05, 0) is 36.1 Å². The molecule has 120 valence electrons. The largest absolute Gasteiger partial charge is 0.381 e. The van der Waals surface area contributed by atoms with E-state index >= 15 is 0 Å². The van der Waals surface area contributed by atoms with E-state index in [9.17, 15) is 9.18 Å². The Morgan fingerprint density at radius 3 is 2.61 bits per heavy atom. The number of carbonyl (C=O) groups is 1. The Morgan fingerprint density at radius 2 is 1.91 bits per heavy atom. The van der Waals surface area contributed by atoms with Crippen molar-refractivity contribution in [3.63, 3.8) is 0 Å². The second-order valence-electron chi connectivity index (χ2n) is 5.82. The number of amides is 1. The predicted octanol–water partition coefficient (Wildman–Crippen LogP) is 3.46. The minimum absolute atomic E-state index is 0.0391. The second-order valence-corrected chi connectivity index (χ2v) is 5.82. The fraction of sp³-hybridized carbons (Fsp3) is 0.316. The lowest BCUT2D eigenvalue weighted by molar-refractivity contribution is -0.129. The van der Waals surface area contributed by atoms with Crippen molar-refractivity contribution in [1.82, 2.24) is 5.32 Å². The summed E-state index contributed by atoms with van der Waals surface area (Å²) in [5.74, 6) is -0.481. The van der Waals surface area contributed by atoms with E-state index in [2.05, 4.69) is 5.32 Å². The molecule has 0 radical (unpaired) electrons. The van der Waals surface area contributed by atoms with Gasteiger partial charge in [0.25, 0.3) is 0 Å². The maximum Gasteiger partial charge on any atom is 0.226 e. The van der Waals surface area contributed by atoms with Crippen LogP contribution in [0.15, 0.2) is 54.6 Å². The summed E-state index contributed by atoms with van der Waals surface area (Å²) in [5, 5.41) is 3.06. The molecular weight excluding hydrogens is 293 g/mol. The van der Waals surface area contributed by atoms with E-state index in [0.717, 1.165) is 30.6 Å². The lowest BCUT2D eigenvalue weighted by atomic mass is 9.96. The molecule has 3 rings (SSSR count). The standard InChI is InChI=1S/C19H20FNO2/c20-17-10-4-8-15(12-17)18(14-6-2-1-3-7-14)21-19(22)16-9-5-11-23-13-16/h1-4,6-8,10,12,16,18H,5,9,11,13H2,(H,21,22)/t16-,18+/m0/s1. The first-order valence-corrected chi connectivity index (χ1v) is 7.92. The zero-order valence-corrected chi connectivity index (χ0v) is 12.9. The molecule has 1 saturated heterocycles. The van der Waals surface area contributed by atoms with Crippen LogP contribution in [0.4, 0.5) is 4.39 Å². The van der Waals surface area contributed by atoms with Crippen LogP contribution in [-0.4, -0.2) is 19.1 Å². The molecule has 2 atom stereocenters. The van der Waals surface area contributed by atoms with Crippen molar-refractivity contribution in [2.75, 3.05) is 13.2 Å². The molecular formula is C19H20FNO2. The van der Waals surface area contributed by atoms with Crippen LogP contribution in [0.2, 0.25) is 0 Å². The Hall–Kier alpha value is -2.20. The van der Waals surface area contributed by atoms with Crippen molar-refractivity contribution in [3.05, 3.63) is 71.5 Å². The monoisotopic (exact) mass is 313 g/mol. The number of rotatable bonds is 4. The van der Waals surface area contributed by atoms with Crippen molar-refractivity contribution in [3.8, 4) is 0 Å². The van der Waals surface area contributed by atoms with Gasteiger partial charge in [0.15, 0.2) is 0 Å². The van der Waals surface area contributed by atoms with Gasteiger partial charge in [-0.2, -0.15) is 0 Å². The summed E-state index contributed by atoms with van der Waals surface area (Å²) in [5.41, 5.74) is 1.67. The number of ether oxygens (including phenoxy) is 1. The number of benzene rings is 2. The zero-order valence-electron chi connectivity index (χ0n) is 12.9. The first-order valence-electron chi connectivity index (χ1n) is 7.92. The van der Waals surface area contributed by atoms with Gasteiger partial charge in [-0.15, -0.1) is 0 Å². The summed E-state index contributed by atoms with van der Waals surface area (Å²) >= 11 is 0. The highest BCUT2D eigenvalue weighted by molar-refractivity contribution is 5.79. The molecule has 4 heteroatoms. The van der Waals surface area contributed by atoms with Crippen LogP contribution in [-0.2, 0) is 9.53 Å². The zero-order chi connectivity index (χ0) is 16.1. The minimum Gasteiger partial charge on any atom is -0.381 e. The first-order chi connectivity index (χ1) is 11.2. The fourth-order valence-electron chi connectivity index (χ4n) is 2.90. The highest BCUT2D eigenvalue weighted by Crippen LogP contribution is 2.24. The van der Waals surface area contributed by atoms with Gasteiger partial charge < -0.3 is 10.1 Å². The van der Waals surface area contributed by atoms with Crippen LogP contribution in [0.3, 0.4) is 0 Å². The molecule has 1 fully saturated rings. The summed E-state index contributed by atoms with van der Waals surface area (Å²) < 4.78 is 19.0. The van der Waals surface area contributed by atoms with Crippen LogP contribution in [0, 0.1) is 11.7 Å². The summed E-state index contributed by atoms with van der Waals surface area (Å²) in [6, 6.07) is 15.6. The Balaban J connectivity index is 1.85. The van der Waals surface area contributed by atoms with E-state index < -0.39 is 0 Å². The molecule has 2 aromatic carbocycles. The molecule has 2 aromatic rings. The Labute approximate surface area is 135 Å². The quantitative estimate of drug-likeness (QED) is 0.939. The van der Waals surface area contributed by atoms with E-state index in [0.29, 0.717) is 6.61 Å². The van der Waals surface area contributed by atoms with Gasteiger partial charge in [-0.3, -0.25) is 4.79 Å². The maximum atomic E-state index is 13.6. The highest BCUT2D eigenvalue weighted by atomic mass is 19.1. The van der Waals surface area contributed by atoms with Crippen molar-refractivity contribution < 1.29 is 13.9 Å². The van der Waals surface area contributed by atoms with Crippen molar-refractivity contribution in [2.24, 2.45) is 5.92 Å². The molecule has 0 aliphatic carbocycles. The van der Waals surface area contributed by atoms with E-state index in [1.54, 1.807) is 6.07 Å². The van der Waals surface area contributed by atoms with E-state index in [-0.39, 0.29) is 23.7 Å². The number of halogens is 1. The minimum atomic E-state index is -0.360. The van der Waals surface area contributed by atoms with Gasteiger partial charge in [-0.25, -0.2) is 4.39 Å². The SMILES string of the molecule is O=C(N[C@H](c1ccccc1)c1cccc(F)c1)[C@H]1CCCOC1. The third kappa shape index (κ3) is 3.96. The summed E-state index contributed by atoms with van der Waals surface area (Å²) in [6.07, 6.45) is 1.73. The Bertz CT molecular complexity index is 653. The average Bonchev–Trinajstić information content (AvgIpc) is 2.61. The van der Waals surface area contributed by atoms with Gasteiger partial charge >= 0.3 is 0 Å². The summed E-state index contributed by atoms with van der Waals surface area (Å²) in [7, 11) is 0. The second kappa shape index (κ2) is 7.38. The molecule has 0 saturated carbocycles. The summed E-state index contributed by atoms with van der Waals surface area (Å²) in [6.45, 7) is 1.17. The van der Waals surface area contributed by atoms with Crippen molar-refractivity contribution in [1.29, 1.82) is 0 Å². The molecule has 0 unspecified atom stereocenters. The molecule has 0 aromatic heterocycles. The molecule has 23 heavy (non-hydrogen) atoms. The van der Waals surface area contributed by atoms with E-state index in [1.807, 2.05) is 36.4 Å². The van der Waals surface area contributed by atoms with Crippen LogP contribution < -0.4 is 5.32 Å². The van der Waals surface area contributed by atoms with Crippen LogP contribution in [0.5, 0.6) is 0 Å². The van der Waals surface area contributed by atoms with Crippen LogP contribution in [0.1, 0.15) is 30.0 Å². The molecule has 1 amide bonds.